The summed E-state index contributed by atoms with van der Waals surface area (Å²) in [7, 11) is 0. The zero-order chi connectivity index (χ0) is 29.5. The number of ether oxygens (including phenoxy) is 2. The van der Waals surface area contributed by atoms with Crippen LogP contribution in [-0.4, -0.2) is 34.1 Å². The molecular weight excluding hydrogens is 528 g/mol. The monoisotopic (exact) mass is 564 g/mol. The van der Waals surface area contributed by atoms with Crippen LogP contribution in [0.15, 0.2) is 89.6 Å². The summed E-state index contributed by atoms with van der Waals surface area (Å²) in [5, 5.41) is 11.9. The van der Waals surface area contributed by atoms with E-state index >= 15 is 0 Å². The van der Waals surface area contributed by atoms with Gasteiger partial charge in [0.1, 0.15) is 11.5 Å². The maximum Gasteiger partial charge on any atom is 0.273 e. The van der Waals surface area contributed by atoms with Crippen molar-refractivity contribution in [3.63, 3.8) is 0 Å². The molecule has 0 saturated carbocycles. The Balaban J connectivity index is 1.33. The van der Waals surface area contributed by atoms with Crippen molar-refractivity contribution in [1.82, 2.24) is 20.3 Å². The van der Waals surface area contributed by atoms with Crippen LogP contribution in [0.1, 0.15) is 48.8 Å². The van der Waals surface area contributed by atoms with Gasteiger partial charge in [0.2, 0.25) is 0 Å². The SMILES string of the molecule is CCCOc1ccc(-c2nn(-c3ccccc3)cc2CNC(=O)c2cc(-c3ccc(OCC(C)C)cc3)on2)cc1C. The van der Waals surface area contributed by atoms with Crippen molar-refractivity contribution >= 4 is 5.91 Å². The molecule has 1 amide bonds. The first-order valence-corrected chi connectivity index (χ1v) is 14.3. The highest BCUT2D eigenvalue weighted by molar-refractivity contribution is 5.93. The topological polar surface area (TPSA) is 91.4 Å². The van der Waals surface area contributed by atoms with Gasteiger partial charge in [-0.05, 0) is 79.4 Å². The van der Waals surface area contributed by atoms with Gasteiger partial charge in [-0.2, -0.15) is 5.10 Å². The Labute approximate surface area is 246 Å². The minimum absolute atomic E-state index is 0.204. The number of benzene rings is 3. The molecule has 0 aliphatic heterocycles. The third kappa shape index (κ3) is 6.89. The lowest BCUT2D eigenvalue weighted by molar-refractivity contribution is 0.0942. The summed E-state index contributed by atoms with van der Waals surface area (Å²) in [6.07, 6.45) is 2.89. The van der Waals surface area contributed by atoms with Crippen LogP contribution < -0.4 is 14.8 Å². The third-order valence-electron chi connectivity index (χ3n) is 6.63. The van der Waals surface area contributed by atoms with Crippen LogP contribution in [0.5, 0.6) is 11.5 Å². The van der Waals surface area contributed by atoms with Crippen molar-refractivity contribution in [3.05, 3.63) is 102 Å². The van der Waals surface area contributed by atoms with E-state index in [1.165, 1.54) is 0 Å². The predicted octanol–water partition coefficient (Wildman–Crippen LogP) is 7.26. The molecule has 0 aliphatic carbocycles. The molecule has 0 aliphatic rings. The standard InChI is InChI=1S/C34H36N4O4/c1-5-17-40-31-16-13-26(18-24(31)4)33-27(21-38(36-33)28-9-7-6-8-10-28)20-35-34(39)30-19-32(42-37-30)25-11-14-29(15-12-25)41-22-23(2)3/h6-16,18-19,21,23H,5,17,20,22H2,1-4H3,(H,35,39). The number of hydrogen-bond acceptors (Lipinski definition) is 6. The summed E-state index contributed by atoms with van der Waals surface area (Å²) < 4.78 is 18.9. The van der Waals surface area contributed by atoms with Gasteiger partial charge >= 0.3 is 0 Å². The predicted molar refractivity (Wildman–Crippen MR) is 163 cm³/mol. The van der Waals surface area contributed by atoms with Crippen LogP contribution in [-0.2, 0) is 6.54 Å². The highest BCUT2D eigenvalue weighted by atomic mass is 16.5. The van der Waals surface area contributed by atoms with Crippen LogP contribution >= 0.6 is 0 Å². The van der Waals surface area contributed by atoms with E-state index in [1.807, 2.05) is 84.5 Å². The molecule has 5 rings (SSSR count). The fourth-order valence-corrected chi connectivity index (χ4v) is 4.43. The highest BCUT2D eigenvalue weighted by Crippen LogP contribution is 2.29. The largest absolute Gasteiger partial charge is 0.493 e. The molecule has 0 unspecified atom stereocenters. The van der Waals surface area contributed by atoms with Gasteiger partial charge in [0.15, 0.2) is 11.5 Å². The summed E-state index contributed by atoms with van der Waals surface area (Å²) in [6.45, 7) is 9.90. The lowest BCUT2D eigenvalue weighted by Crippen LogP contribution is -2.23. The number of carbonyl (C=O) groups excluding carboxylic acids is 1. The number of aromatic nitrogens is 3. The summed E-state index contributed by atoms with van der Waals surface area (Å²) >= 11 is 0. The van der Waals surface area contributed by atoms with Crippen LogP contribution in [0.25, 0.3) is 28.3 Å². The van der Waals surface area contributed by atoms with Crippen molar-refractivity contribution in [1.29, 1.82) is 0 Å². The van der Waals surface area contributed by atoms with E-state index in [4.69, 9.17) is 19.1 Å². The van der Waals surface area contributed by atoms with Gasteiger partial charge in [-0.3, -0.25) is 4.79 Å². The molecule has 42 heavy (non-hydrogen) atoms. The number of amides is 1. The minimum Gasteiger partial charge on any atom is -0.493 e. The summed E-state index contributed by atoms with van der Waals surface area (Å²) in [5.41, 5.74) is 5.57. The van der Waals surface area contributed by atoms with Crippen LogP contribution in [0.3, 0.4) is 0 Å². The minimum atomic E-state index is -0.334. The average molecular weight is 565 g/mol. The number of para-hydroxylation sites is 1. The van der Waals surface area contributed by atoms with Crippen molar-refractivity contribution in [2.45, 2.75) is 40.7 Å². The Morgan fingerprint density at radius 3 is 2.45 bits per heavy atom. The van der Waals surface area contributed by atoms with E-state index in [2.05, 4.69) is 37.3 Å². The highest BCUT2D eigenvalue weighted by Gasteiger charge is 2.18. The molecule has 8 heteroatoms. The number of rotatable bonds is 12. The molecule has 5 aromatic rings. The molecule has 3 aromatic carbocycles. The van der Waals surface area contributed by atoms with Crippen LogP contribution in [0, 0.1) is 12.8 Å². The van der Waals surface area contributed by atoms with Gasteiger partial charge in [-0.15, -0.1) is 0 Å². The average Bonchev–Trinajstić information content (AvgIpc) is 3.67. The van der Waals surface area contributed by atoms with E-state index in [0.29, 0.717) is 24.9 Å². The molecule has 2 aromatic heterocycles. The second kappa shape index (κ2) is 13.2. The maximum atomic E-state index is 13.1. The fourth-order valence-electron chi connectivity index (χ4n) is 4.43. The number of nitrogens with zero attached hydrogens (tertiary/aromatic N) is 3. The molecule has 0 atom stereocenters. The van der Waals surface area contributed by atoms with E-state index in [1.54, 1.807) is 6.07 Å². The normalized spacial score (nSPS) is 11.1. The number of hydrogen-bond donors (Lipinski definition) is 1. The zero-order valence-corrected chi connectivity index (χ0v) is 24.5. The second-order valence-electron chi connectivity index (χ2n) is 10.6. The summed E-state index contributed by atoms with van der Waals surface area (Å²) in [6, 6.07) is 25.1. The smallest absolute Gasteiger partial charge is 0.273 e. The first-order chi connectivity index (χ1) is 20.4. The Morgan fingerprint density at radius 2 is 1.74 bits per heavy atom. The lowest BCUT2D eigenvalue weighted by atomic mass is 10.0. The Kier molecular flexibility index (Phi) is 9.02. The van der Waals surface area contributed by atoms with Crippen molar-refractivity contribution in [2.24, 2.45) is 5.92 Å². The van der Waals surface area contributed by atoms with E-state index in [-0.39, 0.29) is 18.1 Å². The molecule has 216 valence electrons. The molecule has 1 N–H and O–H groups in total. The van der Waals surface area contributed by atoms with Gasteiger partial charge in [0.05, 0.1) is 24.6 Å². The maximum absolute atomic E-state index is 13.1. The van der Waals surface area contributed by atoms with Crippen molar-refractivity contribution in [2.75, 3.05) is 13.2 Å². The Hall–Kier alpha value is -4.85. The molecule has 0 radical (unpaired) electrons. The van der Waals surface area contributed by atoms with Crippen LogP contribution in [0.2, 0.25) is 0 Å². The Bertz CT molecular complexity index is 1620. The lowest BCUT2D eigenvalue weighted by Gasteiger charge is -2.10. The molecule has 0 bridgehead atoms. The third-order valence-corrected chi connectivity index (χ3v) is 6.63. The summed E-state index contributed by atoms with van der Waals surface area (Å²) in [5.74, 6) is 2.26. The van der Waals surface area contributed by atoms with E-state index in [9.17, 15) is 4.79 Å². The molecule has 0 fully saturated rings. The van der Waals surface area contributed by atoms with Gasteiger partial charge in [0, 0.05) is 35.5 Å². The second-order valence-corrected chi connectivity index (χ2v) is 10.6. The van der Waals surface area contributed by atoms with Crippen molar-refractivity contribution in [3.8, 4) is 39.8 Å². The number of nitrogens with one attached hydrogen (secondary N) is 1. The van der Waals surface area contributed by atoms with Gasteiger partial charge in [-0.25, -0.2) is 4.68 Å². The van der Waals surface area contributed by atoms with E-state index in [0.717, 1.165) is 51.6 Å². The van der Waals surface area contributed by atoms with Gasteiger partial charge < -0.3 is 19.3 Å². The molecule has 0 saturated heterocycles. The molecule has 0 spiro atoms. The van der Waals surface area contributed by atoms with Gasteiger partial charge in [0.25, 0.3) is 5.91 Å². The first-order valence-electron chi connectivity index (χ1n) is 14.3. The quantitative estimate of drug-likeness (QED) is 0.172. The van der Waals surface area contributed by atoms with E-state index < -0.39 is 0 Å². The Morgan fingerprint density at radius 1 is 0.976 bits per heavy atom. The zero-order valence-electron chi connectivity index (χ0n) is 24.5. The molecular formula is C34H36N4O4. The number of carbonyl (C=O) groups is 1. The fraction of sp³-hybridized carbons (Fsp3) is 0.265. The number of aryl methyl sites for hydroxylation is 1. The molecule has 8 nitrogen and oxygen atoms in total. The first kappa shape index (κ1) is 28.7. The molecule has 2 heterocycles. The van der Waals surface area contributed by atoms with Gasteiger partial charge in [-0.1, -0.05) is 44.1 Å². The van der Waals surface area contributed by atoms with Crippen molar-refractivity contribution < 1.29 is 18.8 Å². The summed E-state index contributed by atoms with van der Waals surface area (Å²) in [4.78, 5) is 13.1. The van der Waals surface area contributed by atoms with Crippen LogP contribution in [0.4, 0.5) is 0 Å².